The highest BCUT2D eigenvalue weighted by Gasteiger charge is 2.06. The fourth-order valence-corrected chi connectivity index (χ4v) is 2.86. The summed E-state index contributed by atoms with van der Waals surface area (Å²) in [6.07, 6.45) is 12.9. The summed E-state index contributed by atoms with van der Waals surface area (Å²) >= 11 is 0. The number of unbranched alkanes of at least 4 members (excludes halogenated alkanes) is 3. The molecule has 2 aromatic heterocycles. The van der Waals surface area contributed by atoms with Gasteiger partial charge in [-0.3, -0.25) is 9.59 Å². The van der Waals surface area contributed by atoms with E-state index < -0.39 is 0 Å². The monoisotopic (exact) mass is 419 g/mol. The van der Waals surface area contributed by atoms with Crippen LogP contribution in [0.2, 0.25) is 0 Å². The maximum absolute atomic E-state index is 11.8. The third-order valence-corrected chi connectivity index (χ3v) is 4.50. The summed E-state index contributed by atoms with van der Waals surface area (Å²) < 4.78 is 4.01. The molecule has 0 unspecified atom stereocenters. The number of rotatable bonds is 13. The third kappa shape index (κ3) is 11.9. The Kier molecular flexibility index (Phi) is 13.1. The molecule has 2 N–H and O–H groups in total. The Morgan fingerprint density at radius 1 is 0.586 bits per heavy atom. The summed E-state index contributed by atoms with van der Waals surface area (Å²) in [4.78, 5) is 23.6. The van der Waals surface area contributed by atoms with Crippen molar-refractivity contribution in [2.45, 2.75) is 51.6 Å². The minimum absolute atomic E-state index is 0. The van der Waals surface area contributed by atoms with Crippen LogP contribution < -0.4 is 32.2 Å². The second kappa shape index (κ2) is 15.5. The van der Waals surface area contributed by atoms with Crippen LogP contribution in [0.5, 0.6) is 0 Å². The summed E-state index contributed by atoms with van der Waals surface area (Å²) in [5, 5.41) is 5.94. The van der Waals surface area contributed by atoms with Crippen molar-refractivity contribution in [3.05, 3.63) is 61.2 Å². The lowest BCUT2D eigenvalue weighted by molar-refractivity contribution is -0.696. The molecule has 0 radical (unpaired) electrons. The predicted molar refractivity (Wildman–Crippen MR) is 107 cm³/mol. The molecular formula is C22H32ClN4O2+. The first-order chi connectivity index (χ1) is 13.7. The molecule has 0 bridgehead atoms. The van der Waals surface area contributed by atoms with Crippen molar-refractivity contribution in [2.75, 3.05) is 13.1 Å². The van der Waals surface area contributed by atoms with Gasteiger partial charge in [-0.05, 0) is 12.8 Å². The Bertz CT molecular complexity index is 637. The SMILES string of the molecule is O=C(CC[n+]1ccccc1)NCCCCCCNC(=O)CC[n+]1ccccc1.[Cl-]. The highest BCUT2D eigenvalue weighted by atomic mass is 35.5. The smallest absolute Gasteiger partial charge is 0.226 e. The van der Waals surface area contributed by atoms with Gasteiger partial charge in [0.1, 0.15) is 0 Å². The topological polar surface area (TPSA) is 66.0 Å². The minimum Gasteiger partial charge on any atom is -1.00 e. The van der Waals surface area contributed by atoms with Crippen LogP contribution in [0.4, 0.5) is 0 Å². The molecule has 0 aromatic carbocycles. The predicted octanol–water partition coefficient (Wildman–Crippen LogP) is -1.46. The molecule has 0 fully saturated rings. The quantitative estimate of drug-likeness (QED) is 0.308. The van der Waals surface area contributed by atoms with E-state index in [1.165, 1.54) is 0 Å². The van der Waals surface area contributed by atoms with Gasteiger partial charge in [0, 0.05) is 37.4 Å². The van der Waals surface area contributed by atoms with E-state index in [2.05, 4.69) is 10.6 Å². The van der Waals surface area contributed by atoms with E-state index in [-0.39, 0.29) is 24.2 Å². The number of aromatic nitrogens is 2. The lowest BCUT2D eigenvalue weighted by atomic mass is 10.2. The second-order valence-corrected chi connectivity index (χ2v) is 6.84. The number of nitrogens with zero attached hydrogens (tertiary/aromatic N) is 2. The van der Waals surface area contributed by atoms with Crippen LogP contribution in [0.1, 0.15) is 38.5 Å². The van der Waals surface area contributed by atoms with Crippen LogP contribution in [0.15, 0.2) is 61.2 Å². The molecule has 29 heavy (non-hydrogen) atoms. The molecule has 0 saturated heterocycles. The standard InChI is InChI=1S/C22H30N4O2.ClH/c27-21(11-19-25-15-7-3-8-16-25)23-13-5-1-2-6-14-24-22(28)12-20-26-17-9-4-10-18-26;/h3-4,7-10,15-18H,1-2,5-6,11-14,19-20H2;1H/p+1. The number of nitrogens with one attached hydrogen (secondary N) is 2. The zero-order valence-corrected chi connectivity index (χ0v) is 17.7. The molecule has 0 aliphatic heterocycles. The molecule has 7 heteroatoms. The molecular weight excluding hydrogens is 388 g/mol. The zero-order chi connectivity index (χ0) is 19.9. The van der Waals surface area contributed by atoms with Crippen molar-refractivity contribution >= 4 is 11.8 Å². The maximum Gasteiger partial charge on any atom is 0.226 e. The molecule has 158 valence electrons. The van der Waals surface area contributed by atoms with E-state index >= 15 is 0 Å². The third-order valence-electron chi connectivity index (χ3n) is 4.50. The van der Waals surface area contributed by atoms with Crippen LogP contribution in [0.25, 0.3) is 0 Å². The summed E-state index contributed by atoms with van der Waals surface area (Å²) in [6, 6.07) is 11.8. The number of carbonyl (C=O) groups excluding carboxylic acids is 2. The van der Waals surface area contributed by atoms with Gasteiger partial charge in [0.05, 0.1) is 12.8 Å². The molecule has 0 saturated carbocycles. The van der Waals surface area contributed by atoms with E-state index in [9.17, 15) is 9.59 Å². The van der Waals surface area contributed by atoms with Crippen LogP contribution in [0, 0.1) is 0 Å². The average Bonchev–Trinajstić information content (AvgIpc) is 2.74. The van der Waals surface area contributed by atoms with E-state index in [1.807, 2.05) is 70.3 Å². The number of amides is 2. The van der Waals surface area contributed by atoms with E-state index in [1.54, 1.807) is 0 Å². The Labute approximate surface area is 179 Å². The van der Waals surface area contributed by atoms with Crippen molar-refractivity contribution in [2.24, 2.45) is 0 Å². The number of hydrogen-bond donors (Lipinski definition) is 2. The van der Waals surface area contributed by atoms with Gasteiger partial charge in [0.2, 0.25) is 11.8 Å². The van der Waals surface area contributed by atoms with Crippen LogP contribution in [0.3, 0.4) is 0 Å². The van der Waals surface area contributed by atoms with Gasteiger partial charge in [-0.1, -0.05) is 25.0 Å². The molecule has 0 aliphatic carbocycles. The van der Waals surface area contributed by atoms with Gasteiger partial charge in [-0.15, -0.1) is 0 Å². The number of hydrogen-bond acceptors (Lipinski definition) is 2. The van der Waals surface area contributed by atoms with E-state index in [4.69, 9.17) is 0 Å². The largest absolute Gasteiger partial charge is 1.00 e. The molecule has 2 amide bonds. The van der Waals surface area contributed by atoms with Crippen LogP contribution in [-0.4, -0.2) is 24.9 Å². The molecule has 0 atom stereocenters. The lowest BCUT2D eigenvalue weighted by Gasteiger charge is -2.05. The van der Waals surface area contributed by atoms with Crippen molar-refractivity contribution in [3.8, 4) is 0 Å². The van der Waals surface area contributed by atoms with Crippen molar-refractivity contribution in [1.82, 2.24) is 10.6 Å². The summed E-state index contributed by atoms with van der Waals surface area (Å²) in [6.45, 7) is 2.85. The Balaban J connectivity index is 0.00000420. The molecule has 2 rings (SSSR count). The first-order valence-electron chi connectivity index (χ1n) is 10.2. The van der Waals surface area contributed by atoms with Crippen LogP contribution >= 0.6 is 0 Å². The fourth-order valence-electron chi connectivity index (χ4n) is 2.86. The number of pyridine rings is 2. The summed E-state index contributed by atoms with van der Waals surface area (Å²) in [5.41, 5.74) is 0. The second-order valence-electron chi connectivity index (χ2n) is 6.84. The number of halogens is 1. The van der Waals surface area contributed by atoms with Gasteiger partial charge in [0.15, 0.2) is 37.9 Å². The van der Waals surface area contributed by atoms with Gasteiger partial charge in [0.25, 0.3) is 0 Å². The maximum atomic E-state index is 11.8. The number of carbonyl (C=O) groups is 2. The summed E-state index contributed by atoms with van der Waals surface area (Å²) in [5.74, 6) is 0.194. The zero-order valence-electron chi connectivity index (χ0n) is 16.9. The van der Waals surface area contributed by atoms with Crippen molar-refractivity contribution in [1.29, 1.82) is 0 Å². The highest BCUT2D eigenvalue weighted by molar-refractivity contribution is 5.75. The normalized spacial score (nSPS) is 10.1. The van der Waals surface area contributed by atoms with E-state index in [0.717, 1.165) is 38.8 Å². The Morgan fingerprint density at radius 3 is 1.34 bits per heavy atom. The van der Waals surface area contributed by atoms with Crippen molar-refractivity contribution < 1.29 is 31.1 Å². The van der Waals surface area contributed by atoms with Crippen molar-refractivity contribution in [3.63, 3.8) is 0 Å². The Morgan fingerprint density at radius 2 is 0.966 bits per heavy atom. The molecule has 6 nitrogen and oxygen atoms in total. The van der Waals surface area contributed by atoms with Gasteiger partial charge >= 0.3 is 0 Å². The van der Waals surface area contributed by atoms with Gasteiger partial charge in [-0.25, -0.2) is 9.13 Å². The lowest BCUT2D eigenvalue weighted by Crippen LogP contribution is -3.00. The first kappa shape index (κ1) is 24.6. The van der Waals surface area contributed by atoms with E-state index in [0.29, 0.717) is 25.9 Å². The molecule has 0 spiro atoms. The van der Waals surface area contributed by atoms with Crippen LogP contribution in [-0.2, 0) is 22.7 Å². The molecule has 0 aliphatic rings. The van der Waals surface area contributed by atoms with Gasteiger partial charge in [-0.2, -0.15) is 0 Å². The first-order valence-corrected chi connectivity index (χ1v) is 10.2. The summed E-state index contributed by atoms with van der Waals surface area (Å²) in [7, 11) is 0. The molecule has 2 aromatic rings. The average molecular weight is 420 g/mol. The fraction of sp³-hybridized carbons (Fsp3) is 0.455. The number of aryl methyl sites for hydroxylation is 2. The Hall–Kier alpha value is -2.47. The molecule has 2 heterocycles. The van der Waals surface area contributed by atoms with Gasteiger partial charge < -0.3 is 23.0 Å². The minimum atomic E-state index is 0. The highest BCUT2D eigenvalue weighted by Crippen LogP contribution is 1.98.